The first-order valence-corrected chi connectivity index (χ1v) is 6.00. The van der Waals surface area contributed by atoms with Crippen molar-refractivity contribution in [2.24, 2.45) is 0 Å². The number of imidazole rings is 1. The third-order valence-corrected chi connectivity index (χ3v) is 3.21. The highest BCUT2D eigenvalue weighted by atomic mass is 35.5. The van der Waals surface area contributed by atoms with Gasteiger partial charge in [-0.2, -0.15) is 0 Å². The van der Waals surface area contributed by atoms with Crippen molar-refractivity contribution in [3.63, 3.8) is 0 Å². The number of hydrogen-bond acceptors (Lipinski definition) is 2. The Hall–Kier alpha value is -2.00. The van der Waals surface area contributed by atoms with Crippen molar-refractivity contribution in [3.8, 4) is 5.75 Å². The number of aromatic nitrogens is 2. The summed E-state index contributed by atoms with van der Waals surface area (Å²) in [4.78, 5) is 4.39. The monoisotopic (exact) mass is 258 g/mol. The standard InChI is InChI=1S/C14H11ClN2O/c15-12-2-1-7-17-13(12)9-16-14(17)8-10-3-5-11(18)6-4-10/h1-7,9,18H,8H2. The Morgan fingerprint density at radius 3 is 2.72 bits per heavy atom. The van der Waals surface area contributed by atoms with Crippen LogP contribution in [-0.2, 0) is 6.42 Å². The molecule has 3 aromatic rings. The zero-order valence-corrected chi connectivity index (χ0v) is 10.3. The maximum absolute atomic E-state index is 9.25. The van der Waals surface area contributed by atoms with Crippen LogP contribution in [0.15, 0.2) is 48.8 Å². The van der Waals surface area contributed by atoms with Crippen LogP contribution < -0.4 is 0 Å². The molecule has 90 valence electrons. The molecule has 3 nitrogen and oxygen atoms in total. The van der Waals surface area contributed by atoms with Crippen molar-refractivity contribution in [1.82, 2.24) is 9.38 Å². The fourth-order valence-corrected chi connectivity index (χ4v) is 2.18. The molecule has 0 saturated heterocycles. The maximum atomic E-state index is 9.25. The molecule has 0 radical (unpaired) electrons. The number of benzene rings is 1. The summed E-state index contributed by atoms with van der Waals surface area (Å²) in [6.07, 6.45) is 4.43. The number of aromatic hydroxyl groups is 1. The van der Waals surface area contributed by atoms with Crippen LogP contribution in [0.1, 0.15) is 11.4 Å². The lowest BCUT2D eigenvalue weighted by Gasteiger charge is -2.02. The Balaban J connectivity index is 2.00. The van der Waals surface area contributed by atoms with E-state index in [0.717, 1.165) is 16.9 Å². The van der Waals surface area contributed by atoms with Gasteiger partial charge in [-0.05, 0) is 29.8 Å². The summed E-state index contributed by atoms with van der Waals surface area (Å²) in [7, 11) is 0. The predicted molar refractivity (Wildman–Crippen MR) is 71.1 cm³/mol. The normalized spacial score (nSPS) is 10.9. The van der Waals surface area contributed by atoms with Crippen LogP contribution in [0.3, 0.4) is 0 Å². The Labute approximate surface area is 109 Å². The molecule has 18 heavy (non-hydrogen) atoms. The smallest absolute Gasteiger partial charge is 0.117 e. The first-order chi connectivity index (χ1) is 8.74. The van der Waals surface area contributed by atoms with Gasteiger partial charge in [-0.15, -0.1) is 0 Å². The van der Waals surface area contributed by atoms with E-state index in [4.69, 9.17) is 11.6 Å². The second kappa shape index (κ2) is 4.35. The molecule has 0 bridgehead atoms. The molecule has 0 unspecified atom stereocenters. The second-order valence-electron chi connectivity index (χ2n) is 4.13. The minimum atomic E-state index is 0.273. The molecule has 2 heterocycles. The summed E-state index contributed by atoms with van der Waals surface area (Å²) in [5, 5.41) is 9.95. The van der Waals surface area contributed by atoms with Gasteiger partial charge in [-0.25, -0.2) is 4.98 Å². The molecule has 0 aliphatic carbocycles. The van der Waals surface area contributed by atoms with E-state index < -0.39 is 0 Å². The molecule has 3 rings (SSSR count). The highest BCUT2D eigenvalue weighted by Crippen LogP contribution is 2.19. The highest BCUT2D eigenvalue weighted by Gasteiger charge is 2.06. The van der Waals surface area contributed by atoms with Gasteiger partial charge < -0.3 is 9.51 Å². The van der Waals surface area contributed by atoms with Crippen molar-refractivity contribution in [2.45, 2.75) is 6.42 Å². The average Bonchev–Trinajstić information content (AvgIpc) is 2.77. The van der Waals surface area contributed by atoms with Gasteiger partial charge in [0.1, 0.15) is 11.6 Å². The van der Waals surface area contributed by atoms with E-state index in [1.807, 2.05) is 34.9 Å². The molecule has 1 N–H and O–H groups in total. The third-order valence-electron chi connectivity index (χ3n) is 2.89. The van der Waals surface area contributed by atoms with Crippen LogP contribution in [0.5, 0.6) is 5.75 Å². The second-order valence-corrected chi connectivity index (χ2v) is 4.54. The summed E-state index contributed by atoms with van der Waals surface area (Å²) in [6.45, 7) is 0. The van der Waals surface area contributed by atoms with Gasteiger partial charge in [0, 0.05) is 12.6 Å². The molecule has 0 atom stereocenters. The maximum Gasteiger partial charge on any atom is 0.117 e. The van der Waals surface area contributed by atoms with Gasteiger partial charge in [0.2, 0.25) is 0 Å². The zero-order valence-electron chi connectivity index (χ0n) is 9.55. The van der Waals surface area contributed by atoms with Gasteiger partial charge >= 0.3 is 0 Å². The quantitative estimate of drug-likeness (QED) is 0.766. The van der Waals surface area contributed by atoms with E-state index in [1.54, 1.807) is 18.3 Å². The first-order valence-electron chi connectivity index (χ1n) is 5.62. The molecular formula is C14H11ClN2O. The van der Waals surface area contributed by atoms with E-state index in [0.29, 0.717) is 11.4 Å². The van der Waals surface area contributed by atoms with E-state index in [9.17, 15) is 5.11 Å². The summed E-state index contributed by atoms with van der Waals surface area (Å²) < 4.78 is 1.98. The van der Waals surface area contributed by atoms with E-state index in [2.05, 4.69) is 4.98 Å². The van der Waals surface area contributed by atoms with Crippen LogP contribution in [0.2, 0.25) is 5.02 Å². The van der Waals surface area contributed by atoms with Gasteiger partial charge in [-0.3, -0.25) is 0 Å². The Morgan fingerprint density at radius 1 is 1.17 bits per heavy atom. The van der Waals surface area contributed by atoms with Crippen molar-refractivity contribution in [1.29, 1.82) is 0 Å². The van der Waals surface area contributed by atoms with Crippen molar-refractivity contribution >= 4 is 17.1 Å². The lowest BCUT2D eigenvalue weighted by molar-refractivity contribution is 0.475. The van der Waals surface area contributed by atoms with Gasteiger partial charge in [0.05, 0.1) is 16.7 Å². The van der Waals surface area contributed by atoms with Gasteiger partial charge in [-0.1, -0.05) is 23.7 Å². The average molecular weight is 259 g/mol. The lowest BCUT2D eigenvalue weighted by Crippen LogP contribution is -1.96. The molecule has 0 spiro atoms. The van der Waals surface area contributed by atoms with E-state index in [1.165, 1.54) is 0 Å². The molecular weight excluding hydrogens is 248 g/mol. The fourth-order valence-electron chi connectivity index (χ4n) is 1.97. The van der Waals surface area contributed by atoms with Crippen LogP contribution in [0.25, 0.3) is 5.52 Å². The van der Waals surface area contributed by atoms with Crippen molar-refractivity contribution < 1.29 is 5.11 Å². The Bertz CT molecular complexity index is 689. The number of halogens is 1. The minimum Gasteiger partial charge on any atom is -0.508 e. The van der Waals surface area contributed by atoms with Crippen LogP contribution >= 0.6 is 11.6 Å². The van der Waals surface area contributed by atoms with Crippen LogP contribution in [0, 0.1) is 0 Å². The van der Waals surface area contributed by atoms with Gasteiger partial charge in [0.15, 0.2) is 0 Å². The van der Waals surface area contributed by atoms with E-state index >= 15 is 0 Å². The number of fused-ring (bicyclic) bond motifs is 1. The fraction of sp³-hybridized carbons (Fsp3) is 0.0714. The molecule has 4 heteroatoms. The number of hydrogen-bond donors (Lipinski definition) is 1. The minimum absolute atomic E-state index is 0.273. The first kappa shape index (κ1) is 11.1. The zero-order chi connectivity index (χ0) is 12.5. The number of phenols is 1. The Morgan fingerprint density at radius 2 is 1.94 bits per heavy atom. The van der Waals surface area contributed by atoms with Crippen LogP contribution in [0.4, 0.5) is 0 Å². The SMILES string of the molecule is Oc1ccc(Cc2ncc3c(Cl)cccn23)cc1. The number of nitrogens with zero attached hydrogens (tertiary/aromatic N) is 2. The molecule has 0 fully saturated rings. The number of pyridine rings is 1. The third kappa shape index (κ3) is 1.93. The Kier molecular flexibility index (Phi) is 2.68. The molecule has 2 aromatic heterocycles. The molecule has 0 saturated carbocycles. The summed E-state index contributed by atoms with van der Waals surface area (Å²) in [5.41, 5.74) is 2.01. The molecule has 1 aromatic carbocycles. The summed E-state index contributed by atoms with van der Waals surface area (Å²) in [5.74, 6) is 1.20. The number of rotatable bonds is 2. The predicted octanol–water partition coefficient (Wildman–Crippen LogP) is 3.28. The topological polar surface area (TPSA) is 37.5 Å². The summed E-state index contributed by atoms with van der Waals surface area (Å²) >= 11 is 6.10. The van der Waals surface area contributed by atoms with Crippen LogP contribution in [-0.4, -0.2) is 14.5 Å². The summed E-state index contributed by atoms with van der Waals surface area (Å²) in [6, 6.07) is 10.9. The molecule has 0 aliphatic heterocycles. The largest absolute Gasteiger partial charge is 0.508 e. The van der Waals surface area contributed by atoms with Crippen molar-refractivity contribution in [3.05, 3.63) is 65.2 Å². The van der Waals surface area contributed by atoms with Crippen molar-refractivity contribution in [2.75, 3.05) is 0 Å². The highest BCUT2D eigenvalue weighted by molar-refractivity contribution is 6.33. The molecule has 0 aliphatic rings. The van der Waals surface area contributed by atoms with Gasteiger partial charge in [0.25, 0.3) is 0 Å². The molecule has 0 amide bonds. The lowest BCUT2D eigenvalue weighted by atomic mass is 10.1. The number of phenolic OH excluding ortho intramolecular Hbond substituents is 1. The van der Waals surface area contributed by atoms with E-state index in [-0.39, 0.29) is 5.75 Å².